The van der Waals surface area contributed by atoms with Crippen LogP contribution >= 0.6 is 0 Å². The number of anilines is 1. The SMILES string of the molecule is CCc1ccc(N2CCOC(C(C)(C)NC3CC3)C2)cn1. The molecule has 1 aromatic heterocycles. The van der Waals surface area contributed by atoms with Gasteiger partial charge in [0.05, 0.1) is 24.6 Å². The van der Waals surface area contributed by atoms with Crippen molar-refractivity contribution in [3.8, 4) is 0 Å². The van der Waals surface area contributed by atoms with Crippen molar-refractivity contribution < 1.29 is 4.74 Å². The number of nitrogens with one attached hydrogen (secondary N) is 1. The van der Waals surface area contributed by atoms with Crippen LogP contribution in [0, 0.1) is 0 Å². The second-order valence-corrected chi connectivity index (χ2v) is 6.81. The van der Waals surface area contributed by atoms with Gasteiger partial charge in [-0.25, -0.2) is 0 Å². The average molecular weight is 289 g/mol. The first-order chi connectivity index (χ1) is 10.1. The smallest absolute Gasteiger partial charge is 0.0926 e. The summed E-state index contributed by atoms with van der Waals surface area (Å²) >= 11 is 0. The summed E-state index contributed by atoms with van der Waals surface area (Å²) in [6, 6.07) is 5.02. The Morgan fingerprint density at radius 2 is 2.19 bits per heavy atom. The lowest BCUT2D eigenvalue weighted by Crippen LogP contribution is -2.58. The summed E-state index contributed by atoms with van der Waals surface area (Å²) < 4.78 is 6.04. The monoisotopic (exact) mass is 289 g/mol. The van der Waals surface area contributed by atoms with E-state index in [9.17, 15) is 0 Å². The van der Waals surface area contributed by atoms with E-state index in [1.165, 1.54) is 18.5 Å². The average Bonchev–Trinajstić information content (AvgIpc) is 3.31. The Morgan fingerprint density at radius 3 is 2.81 bits per heavy atom. The van der Waals surface area contributed by atoms with Crippen molar-refractivity contribution in [3.63, 3.8) is 0 Å². The molecule has 0 radical (unpaired) electrons. The summed E-state index contributed by atoms with van der Waals surface area (Å²) in [6.07, 6.45) is 5.83. The van der Waals surface area contributed by atoms with E-state index in [-0.39, 0.29) is 11.6 Å². The normalized spacial score (nSPS) is 23.4. The molecule has 1 saturated heterocycles. The fourth-order valence-electron chi connectivity index (χ4n) is 2.98. The minimum absolute atomic E-state index is 0.0244. The maximum absolute atomic E-state index is 6.04. The molecule has 4 nitrogen and oxygen atoms in total. The van der Waals surface area contributed by atoms with E-state index in [1.807, 2.05) is 6.20 Å². The number of aromatic nitrogens is 1. The molecular weight excluding hydrogens is 262 g/mol. The molecule has 1 N–H and O–H groups in total. The number of pyridine rings is 1. The van der Waals surface area contributed by atoms with Gasteiger partial charge in [-0.3, -0.25) is 4.98 Å². The molecule has 1 aromatic rings. The zero-order chi connectivity index (χ0) is 14.9. The summed E-state index contributed by atoms with van der Waals surface area (Å²) in [6.45, 7) is 9.33. The molecule has 1 aliphatic heterocycles. The van der Waals surface area contributed by atoms with Crippen molar-refractivity contribution in [2.75, 3.05) is 24.6 Å². The summed E-state index contributed by atoms with van der Waals surface area (Å²) in [5, 5.41) is 3.72. The molecule has 116 valence electrons. The highest BCUT2D eigenvalue weighted by molar-refractivity contribution is 5.45. The van der Waals surface area contributed by atoms with E-state index in [1.54, 1.807) is 0 Å². The molecular formula is C17H27N3O. The molecule has 0 aromatic carbocycles. The second kappa shape index (κ2) is 5.93. The van der Waals surface area contributed by atoms with Crippen molar-refractivity contribution in [2.45, 2.75) is 57.7 Å². The van der Waals surface area contributed by atoms with Gasteiger partial charge in [0.25, 0.3) is 0 Å². The van der Waals surface area contributed by atoms with Crippen LogP contribution in [0.5, 0.6) is 0 Å². The van der Waals surface area contributed by atoms with Crippen molar-refractivity contribution in [3.05, 3.63) is 24.0 Å². The summed E-state index contributed by atoms with van der Waals surface area (Å²) in [7, 11) is 0. The molecule has 1 saturated carbocycles. The third-order valence-corrected chi connectivity index (χ3v) is 4.56. The van der Waals surface area contributed by atoms with Gasteiger partial charge in [-0.15, -0.1) is 0 Å². The fraction of sp³-hybridized carbons (Fsp3) is 0.706. The van der Waals surface area contributed by atoms with E-state index in [4.69, 9.17) is 4.74 Å². The van der Waals surface area contributed by atoms with Crippen LogP contribution in [0.15, 0.2) is 18.3 Å². The van der Waals surface area contributed by atoms with Crippen LogP contribution in [0.25, 0.3) is 0 Å². The third-order valence-electron chi connectivity index (χ3n) is 4.56. The quantitative estimate of drug-likeness (QED) is 0.903. The Hall–Kier alpha value is -1.13. The highest BCUT2D eigenvalue weighted by Gasteiger charge is 2.38. The van der Waals surface area contributed by atoms with Gasteiger partial charge in [0.1, 0.15) is 0 Å². The molecule has 4 heteroatoms. The number of aryl methyl sites for hydroxylation is 1. The Balaban J connectivity index is 1.66. The van der Waals surface area contributed by atoms with Gasteiger partial charge in [0.15, 0.2) is 0 Å². The Kier molecular flexibility index (Phi) is 4.18. The second-order valence-electron chi connectivity index (χ2n) is 6.81. The van der Waals surface area contributed by atoms with Crippen molar-refractivity contribution in [1.82, 2.24) is 10.3 Å². The minimum atomic E-state index is 0.0244. The molecule has 2 heterocycles. The molecule has 2 fully saturated rings. The largest absolute Gasteiger partial charge is 0.373 e. The lowest BCUT2D eigenvalue weighted by atomic mass is 9.95. The highest BCUT2D eigenvalue weighted by atomic mass is 16.5. The van der Waals surface area contributed by atoms with Crippen molar-refractivity contribution >= 4 is 5.69 Å². The molecule has 1 aliphatic carbocycles. The topological polar surface area (TPSA) is 37.4 Å². The van der Waals surface area contributed by atoms with Crippen LogP contribution in [0.3, 0.4) is 0 Å². The first-order valence-corrected chi connectivity index (χ1v) is 8.17. The van der Waals surface area contributed by atoms with Gasteiger partial charge in [-0.1, -0.05) is 6.92 Å². The highest BCUT2D eigenvalue weighted by Crippen LogP contribution is 2.27. The summed E-state index contributed by atoms with van der Waals surface area (Å²) in [5.74, 6) is 0. The van der Waals surface area contributed by atoms with Gasteiger partial charge in [-0.2, -0.15) is 0 Å². The van der Waals surface area contributed by atoms with Crippen LogP contribution < -0.4 is 10.2 Å². The third kappa shape index (κ3) is 3.55. The van der Waals surface area contributed by atoms with E-state index in [0.29, 0.717) is 6.04 Å². The maximum Gasteiger partial charge on any atom is 0.0926 e. The van der Waals surface area contributed by atoms with Gasteiger partial charge in [-0.05, 0) is 45.2 Å². The lowest BCUT2D eigenvalue weighted by molar-refractivity contribution is -0.0134. The molecule has 0 amide bonds. The van der Waals surface area contributed by atoms with Gasteiger partial charge in [0.2, 0.25) is 0 Å². The van der Waals surface area contributed by atoms with E-state index in [0.717, 1.165) is 31.8 Å². The van der Waals surface area contributed by atoms with Crippen LogP contribution in [0.1, 0.15) is 39.3 Å². The Labute approximate surface area is 127 Å². The summed E-state index contributed by atoms with van der Waals surface area (Å²) in [5.41, 5.74) is 2.39. The first kappa shape index (κ1) is 14.8. The van der Waals surface area contributed by atoms with Crippen LogP contribution in [-0.4, -0.2) is 42.4 Å². The number of ether oxygens (including phenoxy) is 1. The predicted octanol–water partition coefficient (Wildman–Crippen LogP) is 2.38. The fourth-order valence-corrected chi connectivity index (χ4v) is 2.98. The zero-order valence-electron chi connectivity index (χ0n) is 13.4. The molecule has 3 rings (SSSR count). The van der Waals surface area contributed by atoms with Gasteiger partial charge in [0, 0.05) is 30.4 Å². The predicted molar refractivity (Wildman–Crippen MR) is 85.8 cm³/mol. The number of morpholine rings is 1. The van der Waals surface area contributed by atoms with Gasteiger partial charge < -0.3 is 15.0 Å². The Bertz CT molecular complexity index is 467. The lowest BCUT2D eigenvalue weighted by Gasteiger charge is -2.42. The van der Waals surface area contributed by atoms with Crippen molar-refractivity contribution in [2.24, 2.45) is 0 Å². The molecule has 2 aliphatic rings. The van der Waals surface area contributed by atoms with Crippen molar-refractivity contribution in [1.29, 1.82) is 0 Å². The van der Waals surface area contributed by atoms with Crippen LogP contribution in [0.4, 0.5) is 5.69 Å². The Morgan fingerprint density at radius 1 is 1.38 bits per heavy atom. The van der Waals surface area contributed by atoms with Crippen LogP contribution in [-0.2, 0) is 11.2 Å². The standard InChI is InChI=1S/C17H27N3O/c1-4-13-7-8-15(11-18-13)20-9-10-21-16(12-20)17(2,3)19-14-5-6-14/h7-8,11,14,16,19H,4-6,9-10,12H2,1-3H3. The maximum atomic E-state index is 6.04. The first-order valence-electron chi connectivity index (χ1n) is 8.17. The molecule has 21 heavy (non-hydrogen) atoms. The van der Waals surface area contributed by atoms with E-state index < -0.39 is 0 Å². The number of hydrogen-bond donors (Lipinski definition) is 1. The molecule has 0 bridgehead atoms. The van der Waals surface area contributed by atoms with E-state index in [2.05, 4.69) is 48.1 Å². The number of hydrogen-bond acceptors (Lipinski definition) is 4. The van der Waals surface area contributed by atoms with Crippen LogP contribution in [0.2, 0.25) is 0 Å². The van der Waals surface area contributed by atoms with E-state index >= 15 is 0 Å². The molecule has 1 unspecified atom stereocenters. The molecule has 1 atom stereocenters. The minimum Gasteiger partial charge on any atom is -0.373 e. The molecule has 0 spiro atoms. The number of rotatable bonds is 5. The number of nitrogens with zero attached hydrogens (tertiary/aromatic N) is 2. The summed E-state index contributed by atoms with van der Waals surface area (Å²) in [4.78, 5) is 6.92. The zero-order valence-corrected chi connectivity index (χ0v) is 13.4. The van der Waals surface area contributed by atoms with Gasteiger partial charge >= 0.3 is 0 Å².